The van der Waals surface area contributed by atoms with Crippen LogP contribution in [0.25, 0.3) is 0 Å². The molecule has 0 saturated carbocycles. The molecule has 0 aliphatic carbocycles. The zero-order valence-electron chi connectivity index (χ0n) is 14.5. The van der Waals surface area contributed by atoms with Crippen molar-refractivity contribution in [1.29, 1.82) is 0 Å². The number of carbonyl (C=O) groups is 1. The Labute approximate surface area is 148 Å². The number of oxime groups is 1. The highest BCUT2D eigenvalue weighted by molar-refractivity contribution is 6.65. The van der Waals surface area contributed by atoms with Gasteiger partial charge in [-0.15, -0.1) is 0 Å². The van der Waals surface area contributed by atoms with Crippen molar-refractivity contribution in [2.24, 2.45) is 11.1 Å². The third-order valence-corrected chi connectivity index (χ3v) is 3.60. The Morgan fingerprint density at radius 3 is 2.54 bits per heavy atom. The third-order valence-electron chi connectivity index (χ3n) is 3.22. The summed E-state index contributed by atoms with van der Waals surface area (Å²) < 4.78 is 10.9. The van der Waals surface area contributed by atoms with Gasteiger partial charge in [0.15, 0.2) is 0 Å². The molecule has 6 heteroatoms. The fourth-order valence-corrected chi connectivity index (χ4v) is 2.35. The highest BCUT2D eigenvalue weighted by atomic mass is 35.5. The van der Waals surface area contributed by atoms with Crippen molar-refractivity contribution < 1.29 is 19.5 Å². The van der Waals surface area contributed by atoms with Gasteiger partial charge in [0.05, 0.1) is 13.0 Å². The summed E-state index contributed by atoms with van der Waals surface area (Å²) in [5, 5.41) is 11.9. The average Bonchev–Trinajstić information content (AvgIpc) is 2.52. The van der Waals surface area contributed by atoms with E-state index in [0.29, 0.717) is 26.1 Å². The highest BCUT2D eigenvalue weighted by Crippen LogP contribution is 2.19. The number of hydrogen-bond donors (Lipinski definition) is 1. The minimum atomic E-state index is -0.552. The van der Waals surface area contributed by atoms with E-state index in [1.807, 2.05) is 30.3 Å². The molecule has 1 rings (SSSR count). The average molecular weight is 356 g/mol. The first-order valence-corrected chi connectivity index (χ1v) is 8.40. The summed E-state index contributed by atoms with van der Waals surface area (Å²) in [4.78, 5) is 11.9. The molecule has 0 radical (unpaired) electrons. The van der Waals surface area contributed by atoms with E-state index in [1.165, 1.54) is 0 Å². The van der Waals surface area contributed by atoms with Crippen molar-refractivity contribution >= 4 is 22.7 Å². The van der Waals surface area contributed by atoms with Crippen LogP contribution >= 0.6 is 11.6 Å². The Morgan fingerprint density at radius 1 is 1.29 bits per heavy atom. The molecule has 1 aromatic rings. The quantitative estimate of drug-likeness (QED) is 0.235. The van der Waals surface area contributed by atoms with E-state index in [0.717, 1.165) is 5.56 Å². The second-order valence-corrected chi connectivity index (χ2v) is 6.98. The van der Waals surface area contributed by atoms with Gasteiger partial charge in [-0.3, -0.25) is 4.79 Å². The molecule has 5 nitrogen and oxygen atoms in total. The van der Waals surface area contributed by atoms with E-state index in [1.54, 1.807) is 20.8 Å². The van der Waals surface area contributed by atoms with Crippen molar-refractivity contribution in [3.05, 3.63) is 35.9 Å². The molecule has 0 aliphatic heterocycles. The predicted octanol–water partition coefficient (Wildman–Crippen LogP) is 4.36. The molecule has 0 aliphatic rings. The monoisotopic (exact) mass is 355 g/mol. The van der Waals surface area contributed by atoms with Gasteiger partial charge < -0.3 is 14.7 Å². The summed E-state index contributed by atoms with van der Waals surface area (Å²) in [5.41, 5.74) is 0.557. The fraction of sp³-hybridized carbons (Fsp3) is 0.556. The van der Waals surface area contributed by atoms with E-state index in [2.05, 4.69) is 5.16 Å². The highest BCUT2D eigenvalue weighted by Gasteiger charge is 2.23. The van der Waals surface area contributed by atoms with E-state index < -0.39 is 5.60 Å². The molecule has 0 heterocycles. The molecule has 0 aromatic heterocycles. The van der Waals surface area contributed by atoms with Crippen LogP contribution in [0.5, 0.6) is 0 Å². The molecule has 1 N–H and O–H groups in total. The summed E-state index contributed by atoms with van der Waals surface area (Å²) in [6.07, 6.45) is 1.36. The third kappa shape index (κ3) is 8.89. The van der Waals surface area contributed by atoms with Gasteiger partial charge in [0.2, 0.25) is 0 Å². The van der Waals surface area contributed by atoms with Crippen LogP contribution in [0, 0.1) is 5.92 Å². The van der Waals surface area contributed by atoms with Crippen LogP contribution in [0.3, 0.4) is 0 Å². The summed E-state index contributed by atoms with van der Waals surface area (Å²) in [7, 11) is 0. The Hall–Kier alpha value is -1.59. The number of esters is 1. The maximum atomic E-state index is 11.9. The van der Waals surface area contributed by atoms with Crippen LogP contribution in [0.15, 0.2) is 35.5 Å². The lowest BCUT2D eigenvalue weighted by atomic mass is 10.0. The Morgan fingerprint density at radius 2 is 1.96 bits per heavy atom. The number of halogens is 1. The summed E-state index contributed by atoms with van der Waals surface area (Å²) >= 11 is 5.91. The minimum Gasteiger partial charge on any atom is -0.460 e. The molecule has 0 amide bonds. The van der Waals surface area contributed by atoms with Crippen molar-refractivity contribution in [3.8, 4) is 0 Å². The molecular formula is C18H26ClNO4. The zero-order valence-corrected chi connectivity index (χ0v) is 15.3. The number of rotatable bonds is 9. The molecular weight excluding hydrogens is 330 g/mol. The first kappa shape index (κ1) is 20.5. The lowest BCUT2D eigenvalue weighted by Gasteiger charge is -2.21. The number of ether oxygens (including phenoxy) is 2. The second kappa shape index (κ2) is 10.3. The Bertz CT molecular complexity index is 526. The summed E-state index contributed by atoms with van der Waals surface area (Å²) in [5.74, 6) is -0.730. The van der Waals surface area contributed by atoms with Crippen molar-refractivity contribution in [1.82, 2.24) is 0 Å². The van der Waals surface area contributed by atoms with Gasteiger partial charge in [-0.25, -0.2) is 0 Å². The van der Waals surface area contributed by atoms with Gasteiger partial charge in [0.1, 0.15) is 10.8 Å². The van der Waals surface area contributed by atoms with Crippen LogP contribution in [0.2, 0.25) is 0 Å². The van der Waals surface area contributed by atoms with E-state index in [4.69, 9.17) is 26.3 Å². The molecule has 134 valence electrons. The first-order chi connectivity index (χ1) is 11.3. The maximum Gasteiger partial charge on any atom is 0.307 e. The van der Waals surface area contributed by atoms with Crippen molar-refractivity contribution in [2.75, 3.05) is 6.61 Å². The number of hydrogen-bond acceptors (Lipinski definition) is 5. The largest absolute Gasteiger partial charge is 0.460 e. The SMILES string of the molecule is CC(C)(C)OC(=O)C[C@H](CCCOCc1ccccc1)C(Cl)=NO. The van der Waals surface area contributed by atoms with Crippen LogP contribution in [0.1, 0.15) is 45.6 Å². The first-order valence-electron chi connectivity index (χ1n) is 8.03. The van der Waals surface area contributed by atoms with Crippen molar-refractivity contribution in [2.45, 2.75) is 52.2 Å². The van der Waals surface area contributed by atoms with Gasteiger partial charge in [0.25, 0.3) is 0 Å². The van der Waals surface area contributed by atoms with Crippen LogP contribution in [0.4, 0.5) is 0 Å². The lowest BCUT2D eigenvalue weighted by molar-refractivity contribution is -0.155. The molecule has 0 fully saturated rings. The standard InChI is InChI=1S/C18H26ClNO4/c1-18(2,3)24-16(21)12-15(17(19)20-22)10-7-11-23-13-14-8-5-4-6-9-14/h4-6,8-9,15,22H,7,10-13H2,1-3H3/t15-/m0/s1. The van der Waals surface area contributed by atoms with E-state index >= 15 is 0 Å². The van der Waals surface area contributed by atoms with Gasteiger partial charge in [0, 0.05) is 12.5 Å². The number of carbonyl (C=O) groups excluding carboxylic acids is 1. The van der Waals surface area contributed by atoms with E-state index in [-0.39, 0.29) is 23.5 Å². The molecule has 24 heavy (non-hydrogen) atoms. The topological polar surface area (TPSA) is 68.1 Å². The smallest absolute Gasteiger partial charge is 0.307 e. The number of benzene rings is 1. The zero-order chi connectivity index (χ0) is 18.0. The Balaban J connectivity index is 2.36. The fourth-order valence-electron chi connectivity index (χ4n) is 2.17. The van der Waals surface area contributed by atoms with Gasteiger partial charge in [-0.1, -0.05) is 47.1 Å². The predicted molar refractivity (Wildman–Crippen MR) is 94.4 cm³/mol. The molecule has 0 spiro atoms. The lowest BCUT2D eigenvalue weighted by Crippen LogP contribution is -2.26. The summed E-state index contributed by atoms with van der Waals surface area (Å²) in [6.45, 7) is 6.49. The Kier molecular flexibility index (Phi) is 8.79. The van der Waals surface area contributed by atoms with Crippen LogP contribution in [-0.2, 0) is 20.9 Å². The van der Waals surface area contributed by atoms with Gasteiger partial charge in [-0.05, 0) is 39.2 Å². The minimum absolute atomic E-state index is 0.0175. The van der Waals surface area contributed by atoms with Crippen LogP contribution in [-0.4, -0.2) is 28.6 Å². The van der Waals surface area contributed by atoms with Gasteiger partial charge in [-0.2, -0.15) is 0 Å². The molecule has 0 saturated heterocycles. The van der Waals surface area contributed by atoms with E-state index in [9.17, 15) is 4.79 Å². The molecule has 1 aromatic carbocycles. The maximum absolute atomic E-state index is 11.9. The summed E-state index contributed by atoms with van der Waals surface area (Å²) in [6, 6.07) is 9.89. The molecule has 0 unspecified atom stereocenters. The second-order valence-electron chi connectivity index (χ2n) is 6.59. The number of nitrogens with zero attached hydrogens (tertiary/aromatic N) is 1. The molecule has 1 atom stereocenters. The van der Waals surface area contributed by atoms with Crippen LogP contribution < -0.4 is 0 Å². The van der Waals surface area contributed by atoms with Gasteiger partial charge >= 0.3 is 5.97 Å². The normalized spacial score (nSPS) is 13.6. The molecule has 0 bridgehead atoms. The van der Waals surface area contributed by atoms with Crippen molar-refractivity contribution in [3.63, 3.8) is 0 Å².